The molecule has 3 unspecified atom stereocenters. The highest BCUT2D eigenvalue weighted by Crippen LogP contribution is 2.38. The number of rotatable bonds is 3. The van der Waals surface area contributed by atoms with E-state index in [1.165, 1.54) is 0 Å². The van der Waals surface area contributed by atoms with Crippen LogP contribution in [0.3, 0.4) is 0 Å². The molecule has 142 valence electrons. The van der Waals surface area contributed by atoms with Gasteiger partial charge in [-0.05, 0) is 32.8 Å². The maximum atomic E-state index is 12.7. The topological polar surface area (TPSA) is 97.2 Å². The van der Waals surface area contributed by atoms with Crippen LogP contribution in [-0.2, 0) is 21.4 Å². The smallest absolute Gasteiger partial charge is 0.247 e. The molecule has 1 N–H and O–H groups in total. The number of hydrogen-bond donors (Lipinski definition) is 1. The van der Waals surface area contributed by atoms with Crippen molar-refractivity contribution in [2.45, 2.75) is 45.6 Å². The first-order valence-corrected chi connectivity index (χ1v) is 9.35. The molecule has 4 rings (SSSR count). The lowest BCUT2D eigenvalue weighted by Crippen LogP contribution is -2.46. The van der Waals surface area contributed by atoms with Crippen LogP contribution >= 0.6 is 0 Å². The molecular weight excluding hydrogens is 346 g/mol. The Morgan fingerprint density at radius 2 is 1.85 bits per heavy atom. The predicted molar refractivity (Wildman–Crippen MR) is 98.6 cm³/mol. The summed E-state index contributed by atoms with van der Waals surface area (Å²) in [7, 11) is 1.81. The van der Waals surface area contributed by atoms with E-state index in [0.29, 0.717) is 5.69 Å². The van der Waals surface area contributed by atoms with E-state index in [1.807, 2.05) is 20.0 Å². The SMILES string of the molecule is Cc1nn(C)c2ncc(NC(=O)C(C)N3C(=O)C4CCCCC4C3=O)cc12. The van der Waals surface area contributed by atoms with Gasteiger partial charge in [0.15, 0.2) is 5.65 Å². The average molecular weight is 369 g/mol. The monoisotopic (exact) mass is 369 g/mol. The van der Waals surface area contributed by atoms with E-state index in [1.54, 1.807) is 17.8 Å². The Balaban J connectivity index is 1.53. The van der Waals surface area contributed by atoms with Crippen LogP contribution in [0.2, 0.25) is 0 Å². The van der Waals surface area contributed by atoms with Crippen molar-refractivity contribution < 1.29 is 14.4 Å². The van der Waals surface area contributed by atoms with Crippen LogP contribution in [0.4, 0.5) is 5.69 Å². The zero-order valence-corrected chi connectivity index (χ0v) is 15.7. The second-order valence-electron chi connectivity index (χ2n) is 7.51. The minimum Gasteiger partial charge on any atom is -0.323 e. The zero-order chi connectivity index (χ0) is 19.3. The van der Waals surface area contributed by atoms with Gasteiger partial charge in [-0.2, -0.15) is 5.10 Å². The quantitative estimate of drug-likeness (QED) is 0.832. The standard InChI is InChI=1S/C19H23N5O3/c1-10-15-8-12(9-20-16(15)23(3)22-10)21-17(25)11(2)24-18(26)13-6-4-5-7-14(13)19(24)27/h8-9,11,13-14H,4-7H2,1-3H3,(H,21,25). The molecule has 1 aliphatic heterocycles. The van der Waals surface area contributed by atoms with Gasteiger partial charge in [0.05, 0.1) is 29.4 Å². The van der Waals surface area contributed by atoms with E-state index in [0.717, 1.165) is 47.3 Å². The molecule has 1 saturated heterocycles. The molecule has 0 spiro atoms. The third kappa shape index (κ3) is 2.79. The summed E-state index contributed by atoms with van der Waals surface area (Å²) < 4.78 is 1.68. The van der Waals surface area contributed by atoms with Gasteiger partial charge in [0.25, 0.3) is 0 Å². The first kappa shape index (κ1) is 17.6. The van der Waals surface area contributed by atoms with E-state index in [-0.39, 0.29) is 23.7 Å². The van der Waals surface area contributed by atoms with Gasteiger partial charge in [0.1, 0.15) is 6.04 Å². The second kappa shape index (κ2) is 6.44. The number of aryl methyl sites for hydroxylation is 2. The van der Waals surface area contributed by atoms with Gasteiger partial charge in [0, 0.05) is 12.4 Å². The Morgan fingerprint density at radius 1 is 1.22 bits per heavy atom. The van der Waals surface area contributed by atoms with E-state index in [2.05, 4.69) is 15.4 Å². The number of amides is 3. The molecule has 2 aliphatic rings. The van der Waals surface area contributed by atoms with E-state index >= 15 is 0 Å². The number of hydrogen-bond acceptors (Lipinski definition) is 5. The van der Waals surface area contributed by atoms with Crippen LogP contribution in [0, 0.1) is 18.8 Å². The van der Waals surface area contributed by atoms with Crippen LogP contribution in [0.15, 0.2) is 12.3 Å². The van der Waals surface area contributed by atoms with Crippen molar-refractivity contribution in [3.63, 3.8) is 0 Å². The molecule has 2 aromatic heterocycles. The Labute approximate surface area is 156 Å². The Morgan fingerprint density at radius 3 is 2.48 bits per heavy atom. The summed E-state index contributed by atoms with van der Waals surface area (Å²) in [5.74, 6) is -1.30. The van der Waals surface area contributed by atoms with Crippen molar-refractivity contribution in [2.75, 3.05) is 5.32 Å². The van der Waals surface area contributed by atoms with Gasteiger partial charge in [0.2, 0.25) is 17.7 Å². The number of imide groups is 1. The van der Waals surface area contributed by atoms with Gasteiger partial charge in [-0.3, -0.25) is 24.0 Å². The molecule has 3 heterocycles. The molecule has 2 fully saturated rings. The van der Waals surface area contributed by atoms with Crippen molar-refractivity contribution in [1.82, 2.24) is 19.7 Å². The molecular formula is C19H23N5O3. The maximum Gasteiger partial charge on any atom is 0.247 e. The predicted octanol–water partition coefficient (Wildman–Crippen LogP) is 1.78. The Hall–Kier alpha value is -2.77. The summed E-state index contributed by atoms with van der Waals surface area (Å²) in [4.78, 5) is 43.6. The number of likely N-dealkylation sites (tertiary alicyclic amines) is 1. The lowest BCUT2D eigenvalue weighted by molar-refractivity contribution is -0.146. The number of fused-ring (bicyclic) bond motifs is 2. The van der Waals surface area contributed by atoms with Gasteiger partial charge in [-0.15, -0.1) is 0 Å². The highest BCUT2D eigenvalue weighted by atomic mass is 16.2. The van der Waals surface area contributed by atoms with Crippen molar-refractivity contribution in [3.8, 4) is 0 Å². The number of pyridine rings is 1. The number of aromatic nitrogens is 3. The largest absolute Gasteiger partial charge is 0.323 e. The number of carbonyl (C=O) groups is 3. The van der Waals surface area contributed by atoms with Crippen LogP contribution in [0.5, 0.6) is 0 Å². The summed E-state index contributed by atoms with van der Waals surface area (Å²) in [5, 5.41) is 7.95. The molecule has 1 saturated carbocycles. The maximum absolute atomic E-state index is 12.7. The summed E-state index contributed by atoms with van der Waals surface area (Å²) in [5.41, 5.74) is 2.07. The molecule has 1 aliphatic carbocycles. The average Bonchev–Trinajstić information content (AvgIpc) is 3.08. The summed E-state index contributed by atoms with van der Waals surface area (Å²) in [6.45, 7) is 3.48. The van der Waals surface area contributed by atoms with Crippen molar-refractivity contribution >= 4 is 34.4 Å². The summed E-state index contributed by atoms with van der Waals surface area (Å²) in [6.07, 6.45) is 4.96. The van der Waals surface area contributed by atoms with Crippen LogP contribution < -0.4 is 5.32 Å². The normalized spacial score (nSPS) is 23.6. The fourth-order valence-electron chi connectivity index (χ4n) is 4.31. The molecule has 8 nitrogen and oxygen atoms in total. The molecule has 3 amide bonds. The fourth-order valence-corrected chi connectivity index (χ4v) is 4.31. The summed E-state index contributed by atoms with van der Waals surface area (Å²) >= 11 is 0. The highest BCUT2D eigenvalue weighted by molar-refractivity contribution is 6.10. The Kier molecular flexibility index (Phi) is 4.20. The van der Waals surface area contributed by atoms with Gasteiger partial charge >= 0.3 is 0 Å². The Bertz CT molecular complexity index is 926. The number of anilines is 1. The zero-order valence-electron chi connectivity index (χ0n) is 15.7. The number of nitrogens with zero attached hydrogens (tertiary/aromatic N) is 4. The number of nitrogens with one attached hydrogen (secondary N) is 1. The third-order valence-corrected chi connectivity index (χ3v) is 5.77. The minimum absolute atomic E-state index is 0.205. The second-order valence-corrected chi connectivity index (χ2v) is 7.51. The first-order chi connectivity index (χ1) is 12.9. The highest BCUT2D eigenvalue weighted by Gasteiger charge is 2.50. The first-order valence-electron chi connectivity index (χ1n) is 9.35. The molecule has 2 aromatic rings. The van der Waals surface area contributed by atoms with E-state index < -0.39 is 11.9 Å². The number of carbonyl (C=O) groups excluding carboxylic acids is 3. The van der Waals surface area contributed by atoms with Crippen LogP contribution in [-0.4, -0.2) is 43.4 Å². The van der Waals surface area contributed by atoms with Crippen LogP contribution in [0.25, 0.3) is 11.0 Å². The molecule has 0 bridgehead atoms. The van der Waals surface area contributed by atoms with E-state index in [9.17, 15) is 14.4 Å². The lowest BCUT2D eigenvalue weighted by Gasteiger charge is -2.22. The molecule has 8 heteroatoms. The fraction of sp³-hybridized carbons (Fsp3) is 0.526. The van der Waals surface area contributed by atoms with Crippen molar-refractivity contribution in [3.05, 3.63) is 18.0 Å². The lowest BCUT2D eigenvalue weighted by atomic mass is 9.81. The van der Waals surface area contributed by atoms with Crippen molar-refractivity contribution in [2.24, 2.45) is 18.9 Å². The molecule has 0 aromatic carbocycles. The van der Waals surface area contributed by atoms with Gasteiger partial charge in [-0.25, -0.2) is 4.98 Å². The minimum atomic E-state index is -0.846. The summed E-state index contributed by atoms with van der Waals surface area (Å²) in [6, 6.07) is 0.962. The van der Waals surface area contributed by atoms with Gasteiger partial charge in [-0.1, -0.05) is 12.8 Å². The van der Waals surface area contributed by atoms with Crippen molar-refractivity contribution in [1.29, 1.82) is 0 Å². The molecule has 0 radical (unpaired) electrons. The molecule has 3 atom stereocenters. The van der Waals surface area contributed by atoms with Crippen LogP contribution in [0.1, 0.15) is 38.3 Å². The van der Waals surface area contributed by atoms with E-state index in [4.69, 9.17) is 0 Å². The third-order valence-electron chi connectivity index (χ3n) is 5.77. The van der Waals surface area contributed by atoms with Gasteiger partial charge < -0.3 is 5.32 Å². The molecule has 27 heavy (non-hydrogen) atoms.